The average Bonchev–Trinajstić information content (AvgIpc) is 2.82. The highest BCUT2D eigenvalue weighted by molar-refractivity contribution is 7.13. The average molecular weight is 286 g/mol. The molecule has 102 valence electrons. The van der Waals surface area contributed by atoms with Crippen molar-refractivity contribution in [3.63, 3.8) is 0 Å². The second kappa shape index (κ2) is 6.33. The number of nitrogens with one attached hydrogen (secondary N) is 1. The van der Waals surface area contributed by atoms with Gasteiger partial charge < -0.3 is 10.4 Å². The topological polar surface area (TPSA) is 62.2 Å². The molecule has 1 aromatic carbocycles. The van der Waals surface area contributed by atoms with Crippen LogP contribution in [0.5, 0.6) is 0 Å². The number of thiazole rings is 1. The molecule has 0 aliphatic rings. The van der Waals surface area contributed by atoms with Crippen molar-refractivity contribution in [2.24, 2.45) is 0 Å². The third kappa shape index (κ3) is 3.67. The van der Waals surface area contributed by atoms with Gasteiger partial charge in [0.15, 0.2) is 0 Å². The first kappa shape index (κ1) is 14.3. The maximum atomic E-state index is 12.0. The summed E-state index contributed by atoms with van der Waals surface area (Å²) in [6, 6.07) is 5.55. The second-order valence-corrected chi connectivity index (χ2v) is 5.48. The van der Waals surface area contributed by atoms with E-state index in [0.717, 1.165) is 16.1 Å². The van der Waals surface area contributed by atoms with Gasteiger partial charge in [-0.1, -0.05) is 11.8 Å². The van der Waals surface area contributed by atoms with E-state index in [1.54, 1.807) is 12.3 Å². The number of aliphatic hydroxyl groups excluding tert-OH is 1. The van der Waals surface area contributed by atoms with E-state index in [0.29, 0.717) is 10.6 Å². The largest absolute Gasteiger partial charge is 0.384 e. The molecule has 0 saturated carbocycles. The molecule has 5 heteroatoms. The van der Waals surface area contributed by atoms with Gasteiger partial charge in [0, 0.05) is 11.3 Å². The molecule has 4 nitrogen and oxygen atoms in total. The van der Waals surface area contributed by atoms with Crippen molar-refractivity contribution in [2.75, 3.05) is 11.9 Å². The van der Waals surface area contributed by atoms with Gasteiger partial charge >= 0.3 is 0 Å². The van der Waals surface area contributed by atoms with Gasteiger partial charge in [-0.25, -0.2) is 4.98 Å². The van der Waals surface area contributed by atoms with Crippen molar-refractivity contribution in [1.82, 2.24) is 4.98 Å². The lowest BCUT2D eigenvalue weighted by Gasteiger charge is -2.05. The number of aliphatic hydroxyl groups is 1. The van der Waals surface area contributed by atoms with Gasteiger partial charge in [0.2, 0.25) is 0 Å². The van der Waals surface area contributed by atoms with Crippen molar-refractivity contribution in [3.8, 4) is 11.8 Å². The van der Waals surface area contributed by atoms with Crippen LogP contribution in [0.3, 0.4) is 0 Å². The molecule has 0 unspecified atom stereocenters. The summed E-state index contributed by atoms with van der Waals surface area (Å²) in [5.41, 5.74) is 2.43. The number of anilines is 1. The van der Waals surface area contributed by atoms with Crippen molar-refractivity contribution in [2.45, 2.75) is 13.8 Å². The number of aryl methyl sites for hydroxylation is 2. The fourth-order valence-corrected chi connectivity index (χ4v) is 2.40. The Morgan fingerprint density at radius 3 is 2.85 bits per heavy atom. The fourth-order valence-electron chi connectivity index (χ4n) is 1.73. The summed E-state index contributed by atoms with van der Waals surface area (Å²) in [4.78, 5) is 16.7. The van der Waals surface area contributed by atoms with Gasteiger partial charge in [-0.3, -0.25) is 4.79 Å². The molecule has 0 aliphatic heterocycles. The zero-order valence-corrected chi connectivity index (χ0v) is 12.0. The Morgan fingerprint density at radius 1 is 1.40 bits per heavy atom. The van der Waals surface area contributed by atoms with E-state index < -0.39 is 0 Å². The number of benzene rings is 1. The van der Waals surface area contributed by atoms with E-state index in [9.17, 15) is 4.79 Å². The normalized spacial score (nSPS) is 9.75. The molecule has 2 N–H and O–H groups in total. The summed E-state index contributed by atoms with van der Waals surface area (Å²) in [7, 11) is 0. The van der Waals surface area contributed by atoms with E-state index in [2.05, 4.69) is 22.1 Å². The Balaban J connectivity index is 2.20. The molecule has 0 bridgehead atoms. The van der Waals surface area contributed by atoms with Crippen LogP contribution in [-0.4, -0.2) is 22.6 Å². The molecule has 0 saturated heterocycles. The predicted octanol–water partition coefficient (Wildman–Crippen LogP) is 2.36. The fraction of sp³-hybridized carbons (Fsp3) is 0.200. The number of carbonyl (C=O) groups is 1. The molecule has 0 aliphatic carbocycles. The third-order valence-corrected chi connectivity index (χ3v) is 3.40. The van der Waals surface area contributed by atoms with E-state index >= 15 is 0 Å². The number of nitrogens with zero attached hydrogens (tertiary/aromatic N) is 1. The number of carbonyl (C=O) groups excluding carboxylic acids is 1. The summed E-state index contributed by atoms with van der Waals surface area (Å²) >= 11 is 1.35. The summed E-state index contributed by atoms with van der Waals surface area (Å²) in [5.74, 6) is 5.25. The van der Waals surface area contributed by atoms with Crippen LogP contribution < -0.4 is 5.32 Å². The second-order valence-electron chi connectivity index (χ2n) is 4.25. The first-order valence-corrected chi connectivity index (χ1v) is 6.85. The Bertz CT molecular complexity index is 695. The van der Waals surface area contributed by atoms with Gasteiger partial charge in [-0.05, 0) is 37.6 Å². The van der Waals surface area contributed by atoms with Gasteiger partial charge in [0.25, 0.3) is 5.91 Å². The molecule has 1 aromatic heterocycles. The standard InChI is InChI=1S/C15H14N2O2S/c1-10-6-12(4-3-5-18)8-13(7-10)17-15(19)14-9-16-11(2)20-14/h6-9,18H,5H2,1-2H3,(H,17,19). The molecular formula is C15H14N2O2S. The van der Waals surface area contributed by atoms with E-state index in [1.165, 1.54) is 11.3 Å². The van der Waals surface area contributed by atoms with E-state index in [1.807, 2.05) is 26.0 Å². The molecular weight excluding hydrogens is 272 g/mol. The minimum atomic E-state index is -0.185. The summed E-state index contributed by atoms with van der Waals surface area (Å²) in [6.45, 7) is 3.60. The summed E-state index contributed by atoms with van der Waals surface area (Å²) < 4.78 is 0. The van der Waals surface area contributed by atoms with Crippen LogP contribution in [0.2, 0.25) is 0 Å². The highest BCUT2D eigenvalue weighted by atomic mass is 32.1. The Morgan fingerprint density at radius 2 is 2.20 bits per heavy atom. The van der Waals surface area contributed by atoms with Gasteiger partial charge in [-0.2, -0.15) is 0 Å². The van der Waals surface area contributed by atoms with Gasteiger partial charge in [0.05, 0.1) is 11.2 Å². The first-order valence-electron chi connectivity index (χ1n) is 6.03. The minimum absolute atomic E-state index is 0.178. The third-order valence-electron chi connectivity index (χ3n) is 2.49. The monoisotopic (exact) mass is 286 g/mol. The lowest BCUT2D eigenvalue weighted by atomic mass is 10.1. The molecule has 1 amide bonds. The lowest BCUT2D eigenvalue weighted by molar-refractivity contribution is 0.103. The smallest absolute Gasteiger partial charge is 0.267 e. The number of amides is 1. The predicted molar refractivity (Wildman–Crippen MR) is 79.9 cm³/mol. The van der Waals surface area contributed by atoms with Crippen molar-refractivity contribution in [1.29, 1.82) is 0 Å². The number of hydrogen-bond acceptors (Lipinski definition) is 4. The molecule has 2 aromatic rings. The highest BCUT2D eigenvalue weighted by Crippen LogP contribution is 2.17. The lowest BCUT2D eigenvalue weighted by Crippen LogP contribution is -2.10. The zero-order chi connectivity index (χ0) is 14.5. The summed E-state index contributed by atoms with van der Waals surface area (Å²) in [5, 5.41) is 12.4. The van der Waals surface area contributed by atoms with Crippen LogP contribution in [0, 0.1) is 25.7 Å². The SMILES string of the molecule is Cc1cc(C#CCO)cc(NC(=O)c2cnc(C)s2)c1. The number of rotatable bonds is 2. The Labute approximate surface area is 121 Å². The van der Waals surface area contributed by atoms with Crippen molar-refractivity contribution >= 4 is 22.9 Å². The molecule has 20 heavy (non-hydrogen) atoms. The maximum Gasteiger partial charge on any atom is 0.267 e. The Kier molecular flexibility index (Phi) is 4.51. The van der Waals surface area contributed by atoms with Crippen LogP contribution in [0.1, 0.15) is 25.8 Å². The number of hydrogen-bond donors (Lipinski definition) is 2. The van der Waals surface area contributed by atoms with Crippen LogP contribution in [-0.2, 0) is 0 Å². The van der Waals surface area contributed by atoms with Crippen LogP contribution in [0.4, 0.5) is 5.69 Å². The highest BCUT2D eigenvalue weighted by Gasteiger charge is 2.09. The first-order chi connectivity index (χ1) is 9.58. The van der Waals surface area contributed by atoms with Gasteiger partial charge in [-0.15, -0.1) is 11.3 Å². The molecule has 0 fully saturated rings. The van der Waals surface area contributed by atoms with E-state index in [4.69, 9.17) is 5.11 Å². The summed E-state index contributed by atoms with van der Waals surface area (Å²) in [6.07, 6.45) is 1.57. The Hall–Kier alpha value is -2.16. The van der Waals surface area contributed by atoms with Crippen LogP contribution >= 0.6 is 11.3 Å². The van der Waals surface area contributed by atoms with Crippen LogP contribution in [0.25, 0.3) is 0 Å². The molecule has 1 heterocycles. The maximum absolute atomic E-state index is 12.0. The van der Waals surface area contributed by atoms with Crippen molar-refractivity contribution < 1.29 is 9.90 Å². The van der Waals surface area contributed by atoms with Crippen molar-refractivity contribution in [3.05, 3.63) is 45.4 Å². The zero-order valence-electron chi connectivity index (χ0n) is 11.2. The minimum Gasteiger partial charge on any atom is -0.384 e. The van der Waals surface area contributed by atoms with Crippen LogP contribution in [0.15, 0.2) is 24.4 Å². The molecule has 0 radical (unpaired) electrons. The van der Waals surface area contributed by atoms with E-state index in [-0.39, 0.29) is 12.5 Å². The molecule has 0 spiro atoms. The number of aromatic nitrogens is 1. The molecule has 0 atom stereocenters. The molecule has 2 rings (SSSR count). The van der Waals surface area contributed by atoms with Gasteiger partial charge in [0.1, 0.15) is 11.5 Å². The quantitative estimate of drug-likeness (QED) is 0.833.